The maximum absolute atomic E-state index is 12.8. The highest BCUT2D eigenvalue weighted by Crippen LogP contribution is 2.23. The molecule has 0 unspecified atom stereocenters. The lowest BCUT2D eigenvalue weighted by Gasteiger charge is -2.12. The number of rotatable bonds is 5. The number of amides is 1. The van der Waals surface area contributed by atoms with Gasteiger partial charge in [0.05, 0.1) is 5.69 Å². The summed E-state index contributed by atoms with van der Waals surface area (Å²) in [5.74, 6) is -0.661. The molecule has 0 spiro atoms. The SMILES string of the molecule is Cc1ccn(CC(=O)Nc2ccc(Cl)cc2C(=O)c2ccccc2)c(=O)c1. The van der Waals surface area contributed by atoms with Crippen molar-refractivity contribution < 1.29 is 9.59 Å². The van der Waals surface area contributed by atoms with E-state index < -0.39 is 5.91 Å². The number of ketones is 1. The van der Waals surface area contributed by atoms with E-state index in [4.69, 9.17) is 11.6 Å². The van der Waals surface area contributed by atoms with Crippen LogP contribution in [0.5, 0.6) is 0 Å². The molecule has 1 amide bonds. The Morgan fingerprint density at radius 1 is 1.04 bits per heavy atom. The Morgan fingerprint density at radius 3 is 2.48 bits per heavy atom. The summed E-state index contributed by atoms with van der Waals surface area (Å²) in [5.41, 5.74) is 1.69. The van der Waals surface area contributed by atoms with Gasteiger partial charge in [-0.25, -0.2) is 0 Å². The van der Waals surface area contributed by atoms with Gasteiger partial charge in [-0.2, -0.15) is 0 Å². The molecular weight excluding hydrogens is 364 g/mol. The van der Waals surface area contributed by atoms with Crippen molar-refractivity contribution in [2.45, 2.75) is 13.5 Å². The smallest absolute Gasteiger partial charge is 0.251 e. The van der Waals surface area contributed by atoms with Crippen LogP contribution in [0.4, 0.5) is 5.69 Å². The van der Waals surface area contributed by atoms with Crippen LogP contribution in [0.25, 0.3) is 0 Å². The molecule has 0 aliphatic carbocycles. The average molecular weight is 381 g/mol. The molecule has 0 aliphatic rings. The van der Waals surface area contributed by atoms with Crippen molar-refractivity contribution in [3.05, 3.63) is 98.9 Å². The molecule has 0 fully saturated rings. The van der Waals surface area contributed by atoms with E-state index in [1.807, 2.05) is 6.07 Å². The molecule has 3 rings (SSSR count). The Labute approximate surface area is 161 Å². The minimum atomic E-state index is -0.412. The van der Waals surface area contributed by atoms with E-state index in [-0.39, 0.29) is 17.9 Å². The largest absolute Gasteiger partial charge is 0.324 e. The third-order valence-electron chi connectivity index (χ3n) is 4.00. The van der Waals surface area contributed by atoms with Gasteiger partial charge < -0.3 is 9.88 Å². The summed E-state index contributed by atoms with van der Waals surface area (Å²) in [6.45, 7) is 1.65. The normalized spacial score (nSPS) is 10.4. The van der Waals surface area contributed by atoms with Gasteiger partial charge in [0.15, 0.2) is 5.78 Å². The fourth-order valence-electron chi connectivity index (χ4n) is 2.64. The molecule has 136 valence electrons. The monoisotopic (exact) mass is 380 g/mol. The number of nitrogens with zero attached hydrogens (tertiary/aromatic N) is 1. The molecule has 0 radical (unpaired) electrons. The predicted molar refractivity (Wildman–Crippen MR) is 105 cm³/mol. The number of nitrogens with one attached hydrogen (secondary N) is 1. The Balaban J connectivity index is 1.85. The van der Waals surface area contributed by atoms with Crippen LogP contribution in [0.3, 0.4) is 0 Å². The third kappa shape index (κ3) is 4.51. The van der Waals surface area contributed by atoms with Crippen LogP contribution in [0.2, 0.25) is 5.02 Å². The summed E-state index contributed by atoms with van der Waals surface area (Å²) < 4.78 is 1.30. The van der Waals surface area contributed by atoms with Gasteiger partial charge in [0, 0.05) is 28.4 Å². The standard InChI is InChI=1S/C21H17ClN2O3/c1-14-9-10-24(20(26)11-14)13-19(25)23-18-8-7-16(22)12-17(18)21(27)15-5-3-2-4-6-15/h2-12H,13H2,1H3,(H,23,25). The van der Waals surface area contributed by atoms with Gasteiger partial charge in [-0.1, -0.05) is 41.9 Å². The molecule has 5 nitrogen and oxygen atoms in total. The lowest BCUT2D eigenvalue weighted by molar-refractivity contribution is -0.116. The first-order valence-electron chi connectivity index (χ1n) is 8.30. The molecule has 1 heterocycles. The van der Waals surface area contributed by atoms with Crippen LogP contribution in [-0.2, 0) is 11.3 Å². The molecule has 0 saturated carbocycles. The first kappa shape index (κ1) is 18.6. The zero-order valence-electron chi connectivity index (χ0n) is 14.6. The van der Waals surface area contributed by atoms with Gasteiger partial charge in [-0.05, 0) is 36.8 Å². The van der Waals surface area contributed by atoms with Gasteiger partial charge in [-0.15, -0.1) is 0 Å². The summed E-state index contributed by atoms with van der Waals surface area (Å²) in [4.78, 5) is 37.1. The van der Waals surface area contributed by atoms with Gasteiger partial charge in [0.1, 0.15) is 6.54 Å². The highest BCUT2D eigenvalue weighted by molar-refractivity contribution is 6.31. The fourth-order valence-corrected chi connectivity index (χ4v) is 2.81. The third-order valence-corrected chi connectivity index (χ3v) is 4.24. The van der Waals surface area contributed by atoms with Crippen LogP contribution in [0.1, 0.15) is 21.5 Å². The van der Waals surface area contributed by atoms with Gasteiger partial charge >= 0.3 is 0 Å². The number of pyridine rings is 1. The second-order valence-electron chi connectivity index (χ2n) is 6.10. The average Bonchev–Trinajstić information content (AvgIpc) is 2.65. The van der Waals surface area contributed by atoms with Crippen LogP contribution in [-0.4, -0.2) is 16.3 Å². The van der Waals surface area contributed by atoms with E-state index in [1.54, 1.807) is 55.6 Å². The number of anilines is 1. The van der Waals surface area contributed by atoms with Gasteiger partial charge in [0.25, 0.3) is 5.56 Å². The van der Waals surface area contributed by atoms with Crippen LogP contribution < -0.4 is 10.9 Å². The Morgan fingerprint density at radius 2 is 1.78 bits per heavy atom. The zero-order valence-corrected chi connectivity index (χ0v) is 15.4. The van der Waals surface area contributed by atoms with E-state index in [2.05, 4.69) is 5.32 Å². The lowest BCUT2D eigenvalue weighted by atomic mass is 10.0. The van der Waals surface area contributed by atoms with Crippen molar-refractivity contribution in [2.24, 2.45) is 0 Å². The summed E-state index contributed by atoms with van der Waals surface area (Å²) in [5, 5.41) is 3.09. The lowest BCUT2D eigenvalue weighted by Crippen LogP contribution is -2.27. The molecule has 0 saturated heterocycles. The van der Waals surface area contributed by atoms with E-state index in [9.17, 15) is 14.4 Å². The van der Waals surface area contributed by atoms with Crippen molar-refractivity contribution in [3.8, 4) is 0 Å². The molecule has 3 aromatic rings. The van der Waals surface area contributed by atoms with Crippen molar-refractivity contribution >= 4 is 29.0 Å². The quantitative estimate of drug-likeness (QED) is 0.686. The molecule has 6 heteroatoms. The molecule has 1 N–H and O–H groups in total. The molecular formula is C21H17ClN2O3. The highest BCUT2D eigenvalue weighted by Gasteiger charge is 2.16. The Kier molecular flexibility index (Phi) is 5.52. The molecule has 0 bridgehead atoms. The van der Waals surface area contributed by atoms with E-state index >= 15 is 0 Å². The summed E-state index contributed by atoms with van der Waals surface area (Å²) >= 11 is 6.04. The van der Waals surface area contributed by atoms with Crippen molar-refractivity contribution in [1.29, 1.82) is 0 Å². The second-order valence-corrected chi connectivity index (χ2v) is 6.54. The van der Waals surface area contributed by atoms with Crippen LogP contribution in [0, 0.1) is 6.92 Å². The summed E-state index contributed by atoms with van der Waals surface area (Å²) in [6.07, 6.45) is 1.56. The van der Waals surface area contributed by atoms with Crippen molar-refractivity contribution in [3.63, 3.8) is 0 Å². The van der Waals surface area contributed by atoms with Gasteiger partial charge in [-0.3, -0.25) is 14.4 Å². The number of carbonyl (C=O) groups excluding carboxylic acids is 2. The maximum atomic E-state index is 12.8. The van der Waals surface area contributed by atoms with Crippen LogP contribution in [0.15, 0.2) is 71.7 Å². The summed E-state index contributed by atoms with van der Waals surface area (Å²) in [6, 6.07) is 16.6. The topological polar surface area (TPSA) is 68.2 Å². The van der Waals surface area contributed by atoms with E-state index in [0.717, 1.165) is 5.56 Å². The number of hydrogen-bond acceptors (Lipinski definition) is 3. The zero-order chi connectivity index (χ0) is 19.4. The predicted octanol–water partition coefficient (Wildman–Crippen LogP) is 3.68. The Hall–Kier alpha value is -3.18. The molecule has 0 aliphatic heterocycles. The second kappa shape index (κ2) is 8.01. The van der Waals surface area contributed by atoms with Gasteiger partial charge in [0.2, 0.25) is 5.91 Å². The Bertz CT molecular complexity index is 1060. The number of halogens is 1. The molecule has 27 heavy (non-hydrogen) atoms. The van der Waals surface area contributed by atoms with Crippen molar-refractivity contribution in [2.75, 3.05) is 5.32 Å². The highest BCUT2D eigenvalue weighted by atomic mass is 35.5. The molecule has 0 atom stereocenters. The first-order chi connectivity index (χ1) is 12.9. The number of aryl methyl sites for hydroxylation is 1. The van der Waals surface area contributed by atoms with E-state index in [1.165, 1.54) is 16.7 Å². The van der Waals surface area contributed by atoms with E-state index in [0.29, 0.717) is 21.8 Å². The number of aromatic nitrogens is 1. The molecule has 1 aromatic heterocycles. The number of carbonyl (C=O) groups is 2. The minimum absolute atomic E-state index is 0.152. The van der Waals surface area contributed by atoms with Crippen LogP contribution >= 0.6 is 11.6 Å². The number of hydrogen-bond donors (Lipinski definition) is 1. The number of benzene rings is 2. The fraction of sp³-hybridized carbons (Fsp3) is 0.0952. The minimum Gasteiger partial charge on any atom is -0.324 e. The maximum Gasteiger partial charge on any atom is 0.251 e. The summed E-state index contributed by atoms with van der Waals surface area (Å²) in [7, 11) is 0. The molecule has 2 aromatic carbocycles. The van der Waals surface area contributed by atoms with Crippen molar-refractivity contribution in [1.82, 2.24) is 4.57 Å². The first-order valence-corrected chi connectivity index (χ1v) is 8.68.